The fourth-order valence-corrected chi connectivity index (χ4v) is 2.86. The van der Waals surface area contributed by atoms with E-state index >= 15 is 0 Å². The lowest BCUT2D eigenvalue weighted by Crippen LogP contribution is -2.11. The fraction of sp³-hybridized carbons (Fsp3) is 0.273. The minimum atomic E-state index is -4.65. The molecule has 0 amide bonds. The molecule has 158 valence electrons. The van der Waals surface area contributed by atoms with Crippen molar-refractivity contribution < 1.29 is 22.3 Å². The molecule has 0 saturated carbocycles. The summed E-state index contributed by atoms with van der Waals surface area (Å²) in [5.74, 6) is -0.371. The molecule has 3 aromatic rings. The van der Waals surface area contributed by atoms with Crippen LogP contribution in [0.2, 0.25) is 0 Å². The van der Waals surface area contributed by atoms with Gasteiger partial charge in [0.2, 0.25) is 5.88 Å². The molecule has 0 aliphatic rings. The van der Waals surface area contributed by atoms with E-state index in [1.807, 2.05) is 18.2 Å². The Labute approximate surface area is 171 Å². The van der Waals surface area contributed by atoms with Crippen molar-refractivity contribution in [3.63, 3.8) is 0 Å². The molecule has 0 aliphatic carbocycles. The molecule has 0 spiro atoms. The highest BCUT2D eigenvalue weighted by Gasteiger charge is 2.31. The minimum Gasteiger partial charge on any atom is -0.437 e. The zero-order valence-electron chi connectivity index (χ0n) is 16.9. The maximum absolute atomic E-state index is 14.5. The number of rotatable bonds is 3. The van der Waals surface area contributed by atoms with Crippen molar-refractivity contribution >= 4 is 5.69 Å². The van der Waals surface area contributed by atoms with Gasteiger partial charge in [-0.3, -0.25) is 0 Å². The molecule has 0 unspecified atom stereocenters. The van der Waals surface area contributed by atoms with Crippen LogP contribution in [0.3, 0.4) is 0 Å². The largest absolute Gasteiger partial charge is 0.437 e. The predicted octanol–water partition coefficient (Wildman–Crippen LogP) is 6.28. The van der Waals surface area contributed by atoms with Crippen LogP contribution in [0.1, 0.15) is 37.7 Å². The van der Waals surface area contributed by atoms with Gasteiger partial charge in [-0.05, 0) is 48.2 Å². The van der Waals surface area contributed by atoms with Crippen LogP contribution in [0.5, 0.6) is 11.6 Å². The number of alkyl halides is 3. The quantitative estimate of drug-likeness (QED) is 0.508. The van der Waals surface area contributed by atoms with Crippen molar-refractivity contribution in [2.75, 3.05) is 5.73 Å². The first-order chi connectivity index (χ1) is 13.9. The highest BCUT2D eigenvalue weighted by Crippen LogP contribution is 2.37. The Morgan fingerprint density at radius 3 is 2.23 bits per heavy atom. The zero-order chi connectivity index (χ0) is 22.3. The third-order valence-corrected chi connectivity index (χ3v) is 4.49. The van der Waals surface area contributed by atoms with Gasteiger partial charge in [-0.1, -0.05) is 32.9 Å². The Morgan fingerprint density at radius 1 is 0.933 bits per heavy atom. The molecule has 1 aromatic heterocycles. The van der Waals surface area contributed by atoms with Crippen LogP contribution in [0.15, 0.2) is 42.5 Å². The Morgan fingerprint density at radius 2 is 1.63 bits per heavy atom. The second kappa shape index (κ2) is 7.59. The molecule has 0 radical (unpaired) electrons. The fourth-order valence-electron chi connectivity index (χ4n) is 2.86. The lowest BCUT2D eigenvalue weighted by molar-refractivity contribution is -0.137. The smallest absolute Gasteiger partial charge is 0.416 e. The Balaban J connectivity index is 2.03. The van der Waals surface area contributed by atoms with E-state index in [1.54, 1.807) is 13.0 Å². The van der Waals surface area contributed by atoms with Gasteiger partial charge in [0, 0.05) is 5.56 Å². The Bertz CT molecular complexity index is 1090. The van der Waals surface area contributed by atoms with Gasteiger partial charge in [0.25, 0.3) is 0 Å². The molecule has 4 nitrogen and oxygen atoms in total. The summed E-state index contributed by atoms with van der Waals surface area (Å²) >= 11 is 0. The van der Waals surface area contributed by atoms with Crippen LogP contribution in [0.4, 0.5) is 23.2 Å². The maximum atomic E-state index is 14.5. The van der Waals surface area contributed by atoms with Crippen LogP contribution in [0, 0.1) is 12.7 Å². The normalized spacial score (nSPS) is 12.1. The molecule has 2 aromatic carbocycles. The lowest BCUT2D eigenvalue weighted by Gasteiger charge is -2.20. The number of halogens is 4. The van der Waals surface area contributed by atoms with Gasteiger partial charge in [0.1, 0.15) is 28.8 Å². The summed E-state index contributed by atoms with van der Waals surface area (Å²) in [7, 11) is 0. The standard InChI is InChI=1S/C22H21F4N3O/c1-12-28-19(16-9-8-14(11-17(16)23)22(24,25)26)18(27)20(29-12)30-15-7-5-6-13(10-15)21(2,3)4/h5-11H,27H2,1-4H3. The number of nitrogen functional groups attached to an aromatic ring is 1. The average Bonchev–Trinajstić information content (AvgIpc) is 2.63. The number of ether oxygens (including phenoxy) is 1. The topological polar surface area (TPSA) is 61.0 Å². The molecule has 2 N–H and O–H groups in total. The number of aromatic nitrogens is 2. The minimum absolute atomic E-state index is 0.00265. The van der Waals surface area contributed by atoms with Crippen molar-refractivity contribution in [3.05, 3.63) is 65.2 Å². The number of aryl methyl sites for hydroxylation is 1. The first kappa shape index (κ1) is 21.5. The molecule has 0 atom stereocenters. The third kappa shape index (κ3) is 4.53. The van der Waals surface area contributed by atoms with E-state index in [1.165, 1.54) is 0 Å². The summed E-state index contributed by atoms with van der Waals surface area (Å²) in [4.78, 5) is 8.29. The van der Waals surface area contributed by atoms with E-state index in [-0.39, 0.29) is 34.1 Å². The summed E-state index contributed by atoms with van der Waals surface area (Å²) < 4.78 is 58.8. The van der Waals surface area contributed by atoms with Crippen molar-refractivity contribution in [3.8, 4) is 22.9 Å². The van der Waals surface area contributed by atoms with E-state index < -0.39 is 17.6 Å². The molecular formula is C22H21F4N3O. The summed E-state index contributed by atoms with van der Waals surface area (Å²) in [6, 6.07) is 9.56. The van der Waals surface area contributed by atoms with Crippen molar-refractivity contribution in [2.45, 2.75) is 39.3 Å². The molecule has 0 fully saturated rings. The van der Waals surface area contributed by atoms with Crippen LogP contribution in [-0.4, -0.2) is 9.97 Å². The van der Waals surface area contributed by atoms with Crippen LogP contribution in [-0.2, 0) is 11.6 Å². The molecule has 0 saturated heterocycles. The molecule has 8 heteroatoms. The molecule has 1 heterocycles. The number of nitrogens with two attached hydrogens (primary N) is 1. The summed E-state index contributed by atoms with van der Waals surface area (Å²) in [5, 5.41) is 0. The van der Waals surface area contributed by atoms with E-state index in [0.717, 1.165) is 17.7 Å². The van der Waals surface area contributed by atoms with E-state index in [9.17, 15) is 17.6 Å². The Kier molecular flexibility index (Phi) is 5.45. The molecule has 3 rings (SSSR count). The first-order valence-corrected chi connectivity index (χ1v) is 9.16. The number of benzene rings is 2. The van der Waals surface area contributed by atoms with Gasteiger partial charge in [-0.15, -0.1) is 0 Å². The Hall–Kier alpha value is -3.16. The van der Waals surface area contributed by atoms with Crippen LogP contribution >= 0.6 is 0 Å². The number of nitrogens with zero attached hydrogens (tertiary/aromatic N) is 2. The highest BCUT2D eigenvalue weighted by atomic mass is 19.4. The van der Waals surface area contributed by atoms with Crippen molar-refractivity contribution in [2.24, 2.45) is 0 Å². The van der Waals surface area contributed by atoms with Crippen LogP contribution in [0.25, 0.3) is 11.3 Å². The zero-order valence-corrected chi connectivity index (χ0v) is 16.9. The number of hydrogen-bond donors (Lipinski definition) is 1. The van der Waals surface area contributed by atoms with Gasteiger partial charge in [-0.2, -0.15) is 18.2 Å². The third-order valence-electron chi connectivity index (χ3n) is 4.49. The van der Waals surface area contributed by atoms with Crippen molar-refractivity contribution in [1.82, 2.24) is 9.97 Å². The summed E-state index contributed by atoms with van der Waals surface area (Å²) in [6.45, 7) is 7.73. The first-order valence-electron chi connectivity index (χ1n) is 9.16. The summed E-state index contributed by atoms with van der Waals surface area (Å²) in [5.41, 5.74) is 5.66. The molecule has 0 bridgehead atoms. The number of hydrogen-bond acceptors (Lipinski definition) is 4. The van der Waals surface area contributed by atoms with Gasteiger partial charge < -0.3 is 10.5 Å². The average molecular weight is 419 g/mol. The maximum Gasteiger partial charge on any atom is 0.416 e. The molecule has 30 heavy (non-hydrogen) atoms. The van der Waals surface area contributed by atoms with Gasteiger partial charge in [0.05, 0.1) is 5.56 Å². The van der Waals surface area contributed by atoms with Crippen LogP contribution < -0.4 is 10.5 Å². The van der Waals surface area contributed by atoms with Crippen molar-refractivity contribution in [1.29, 1.82) is 0 Å². The second-order valence-corrected chi connectivity index (χ2v) is 7.91. The number of anilines is 1. The predicted molar refractivity (Wildman–Crippen MR) is 107 cm³/mol. The van der Waals surface area contributed by atoms with E-state index in [0.29, 0.717) is 11.8 Å². The van der Waals surface area contributed by atoms with Gasteiger partial charge >= 0.3 is 6.18 Å². The highest BCUT2D eigenvalue weighted by molar-refractivity contribution is 5.76. The van der Waals surface area contributed by atoms with Gasteiger partial charge in [-0.25, -0.2) is 9.37 Å². The molecule has 0 aliphatic heterocycles. The van der Waals surface area contributed by atoms with E-state index in [2.05, 4.69) is 30.7 Å². The SMILES string of the molecule is Cc1nc(Oc2cccc(C(C)(C)C)c2)c(N)c(-c2ccc(C(F)(F)F)cc2F)n1. The molecular weight excluding hydrogens is 398 g/mol. The summed E-state index contributed by atoms with van der Waals surface area (Å²) in [6.07, 6.45) is -4.65. The lowest BCUT2D eigenvalue weighted by atomic mass is 9.87. The van der Waals surface area contributed by atoms with E-state index in [4.69, 9.17) is 10.5 Å². The second-order valence-electron chi connectivity index (χ2n) is 7.91. The van der Waals surface area contributed by atoms with Gasteiger partial charge in [0.15, 0.2) is 0 Å². The monoisotopic (exact) mass is 419 g/mol.